The van der Waals surface area contributed by atoms with E-state index in [9.17, 15) is 13.2 Å². The molecule has 0 spiro atoms. The van der Waals surface area contributed by atoms with Crippen LogP contribution in [0.5, 0.6) is 5.75 Å². The van der Waals surface area contributed by atoms with Crippen LogP contribution in [0.25, 0.3) is 0 Å². The number of ether oxygens (including phenoxy) is 1. The van der Waals surface area contributed by atoms with Crippen molar-refractivity contribution in [3.63, 3.8) is 0 Å². The van der Waals surface area contributed by atoms with Crippen molar-refractivity contribution < 1.29 is 17.9 Å². The van der Waals surface area contributed by atoms with Gasteiger partial charge in [-0.1, -0.05) is 12.1 Å². The Balaban J connectivity index is 1.65. The Morgan fingerprint density at radius 3 is 2.71 bits per heavy atom. The third-order valence-corrected chi connectivity index (χ3v) is 6.95. The SMILES string of the molecule is Cc1cccc(OCC(=O)N(C)Cc2c(C)nn([C@H]3CCS(=O)(=O)C3)c2C)c1. The summed E-state index contributed by atoms with van der Waals surface area (Å²) in [6, 6.07) is 7.46. The topological polar surface area (TPSA) is 81.5 Å². The summed E-state index contributed by atoms with van der Waals surface area (Å²) in [5, 5.41) is 4.56. The van der Waals surface area contributed by atoms with Crippen LogP contribution in [0.4, 0.5) is 0 Å². The Bertz CT molecular complexity index is 981. The van der Waals surface area contributed by atoms with E-state index in [-0.39, 0.29) is 30.1 Å². The zero-order valence-corrected chi connectivity index (χ0v) is 17.6. The van der Waals surface area contributed by atoms with Crippen molar-refractivity contribution >= 4 is 15.7 Å². The van der Waals surface area contributed by atoms with Crippen LogP contribution in [0.3, 0.4) is 0 Å². The standard InChI is InChI=1S/C20H27N3O4S/c1-14-6-5-7-18(10-14)27-12-20(24)22(4)11-19-15(2)21-23(16(19)3)17-8-9-28(25,26)13-17/h5-7,10,17H,8-9,11-13H2,1-4H3/t17-/m0/s1. The number of nitrogens with zero attached hydrogens (tertiary/aromatic N) is 3. The fourth-order valence-electron chi connectivity index (χ4n) is 3.54. The average molecular weight is 406 g/mol. The molecule has 0 radical (unpaired) electrons. The largest absolute Gasteiger partial charge is 0.484 e. The Labute approximate surface area is 166 Å². The van der Waals surface area contributed by atoms with Gasteiger partial charge < -0.3 is 9.64 Å². The molecule has 1 aliphatic rings. The predicted molar refractivity (Wildman–Crippen MR) is 107 cm³/mol. The lowest BCUT2D eigenvalue weighted by molar-refractivity contribution is -0.132. The van der Waals surface area contributed by atoms with Gasteiger partial charge in [-0.25, -0.2) is 8.42 Å². The molecule has 8 heteroatoms. The van der Waals surface area contributed by atoms with Gasteiger partial charge in [0.25, 0.3) is 5.91 Å². The average Bonchev–Trinajstić information content (AvgIpc) is 3.13. The summed E-state index contributed by atoms with van der Waals surface area (Å²) in [6.07, 6.45) is 0.586. The van der Waals surface area contributed by atoms with Crippen LogP contribution in [0.2, 0.25) is 0 Å². The van der Waals surface area contributed by atoms with Crippen molar-refractivity contribution in [2.75, 3.05) is 25.2 Å². The number of aryl methyl sites for hydroxylation is 2. The molecule has 1 aromatic carbocycles. The van der Waals surface area contributed by atoms with Gasteiger partial charge in [0.2, 0.25) is 0 Å². The van der Waals surface area contributed by atoms with E-state index < -0.39 is 9.84 Å². The van der Waals surface area contributed by atoms with Crippen molar-refractivity contribution in [3.05, 3.63) is 46.8 Å². The second-order valence-electron chi connectivity index (χ2n) is 7.51. The fourth-order valence-corrected chi connectivity index (χ4v) is 5.23. The van der Waals surface area contributed by atoms with E-state index >= 15 is 0 Å². The minimum atomic E-state index is -2.98. The van der Waals surface area contributed by atoms with E-state index in [0.717, 1.165) is 22.5 Å². The molecule has 7 nitrogen and oxygen atoms in total. The number of sulfone groups is 1. The molecule has 0 N–H and O–H groups in total. The number of hydrogen-bond acceptors (Lipinski definition) is 5. The molecule has 1 atom stereocenters. The molecule has 2 heterocycles. The number of carbonyl (C=O) groups excluding carboxylic acids is 1. The van der Waals surface area contributed by atoms with Crippen LogP contribution in [0.15, 0.2) is 24.3 Å². The molecule has 28 heavy (non-hydrogen) atoms. The maximum atomic E-state index is 12.5. The highest BCUT2D eigenvalue weighted by molar-refractivity contribution is 7.91. The summed E-state index contributed by atoms with van der Waals surface area (Å²) in [5.41, 5.74) is 3.77. The van der Waals surface area contributed by atoms with Crippen LogP contribution in [-0.2, 0) is 21.2 Å². The lowest BCUT2D eigenvalue weighted by atomic mass is 10.1. The lowest BCUT2D eigenvalue weighted by Gasteiger charge is -2.18. The van der Waals surface area contributed by atoms with Crippen LogP contribution >= 0.6 is 0 Å². The molecular weight excluding hydrogens is 378 g/mol. The first kappa shape index (κ1) is 20.4. The Hall–Kier alpha value is -2.35. The molecule has 1 aromatic heterocycles. The first-order chi connectivity index (χ1) is 13.2. The normalized spacial score (nSPS) is 18.2. The maximum Gasteiger partial charge on any atom is 0.260 e. The van der Waals surface area contributed by atoms with E-state index in [2.05, 4.69) is 5.10 Å². The van der Waals surface area contributed by atoms with Gasteiger partial charge in [-0.05, 0) is 44.9 Å². The zero-order chi connectivity index (χ0) is 20.5. The smallest absolute Gasteiger partial charge is 0.260 e. The number of carbonyl (C=O) groups is 1. The number of likely N-dealkylation sites (N-methyl/N-ethyl adjacent to an activating group) is 1. The lowest BCUT2D eigenvalue weighted by Crippen LogP contribution is -2.31. The number of amides is 1. The Morgan fingerprint density at radius 2 is 2.07 bits per heavy atom. The highest BCUT2D eigenvalue weighted by atomic mass is 32.2. The second kappa shape index (κ2) is 7.95. The molecule has 0 aliphatic carbocycles. The molecule has 3 rings (SSSR count). The van der Waals surface area contributed by atoms with Gasteiger partial charge in [0.05, 0.1) is 23.2 Å². The number of aromatic nitrogens is 2. The minimum Gasteiger partial charge on any atom is -0.484 e. The molecule has 1 fully saturated rings. The van der Waals surface area contributed by atoms with Crippen LogP contribution in [-0.4, -0.2) is 54.2 Å². The van der Waals surface area contributed by atoms with Crippen LogP contribution in [0.1, 0.15) is 35.0 Å². The Kier molecular flexibility index (Phi) is 5.79. The molecule has 152 valence electrons. The summed E-state index contributed by atoms with van der Waals surface area (Å²) in [4.78, 5) is 14.1. The summed E-state index contributed by atoms with van der Waals surface area (Å²) >= 11 is 0. The maximum absolute atomic E-state index is 12.5. The second-order valence-corrected chi connectivity index (χ2v) is 9.73. The monoisotopic (exact) mass is 405 g/mol. The highest BCUT2D eigenvalue weighted by Gasteiger charge is 2.31. The van der Waals surface area contributed by atoms with Crippen molar-refractivity contribution in [1.29, 1.82) is 0 Å². The Morgan fingerprint density at radius 1 is 1.32 bits per heavy atom. The fraction of sp³-hybridized carbons (Fsp3) is 0.500. The summed E-state index contributed by atoms with van der Waals surface area (Å²) in [7, 11) is -1.24. The number of benzene rings is 1. The van der Waals surface area contributed by atoms with Gasteiger partial charge in [-0.15, -0.1) is 0 Å². The van der Waals surface area contributed by atoms with Gasteiger partial charge in [0.1, 0.15) is 5.75 Å². The van der Waals surface area contributed by atoms with Gasteiger partial charge in [0, 0.05) is 24.8 Å². The quantitative estimate of drug-likeness (QED) is 0.736. The van der Waals surface area contributed by atoms with Crippen molar-refractivity contribution in [3.8, 4) is 5.75 Å². The summed E-state index contributed by atoms with van der Waals surface area (Å²) < 4.78 is 31.0. The van der Waals surface area contributed by atoms with Crippen LogP contribution in [0, 0.1) is 20.8 Å². The first-order valence-electron chi connectivity index (χ1n) is 9.35. The molecule has 0 unspecified atom stereocenters. The van der Waals surface area contributed by atoms with Gasteiger partial charge in [-0.2, -0.15) is 5.10 Å². The summed E-state index contributed by atoms with van der Waals surface area (Å²) in [5.74, 6) is 0.883. The van der Waals surface area contributed by atoms with Crippen molar-refractivity contribution in [2.45, 2.75) is 39.8 Å². The van der Waals surface area contributed by atoms with E-state index in [4.69, 9.17) is 4.74 Å². The van der Waals surface area contributed by atoms with Gasteiger partial charge >= 0.3 is 0 Å². The molecule has 1 saturated heterocycles. The number of rotatable bonds is 6. The highest BCUT2D eigenvalue weighted by Crippen LogP contribution is 2.27. The van der Waals surface area contributed by atoms with E-state index in [1.807, 2.05) is 49.7 Å². The third kappa shape index (κ3) is 4.55. The molecule has 0 saturated carbocycles. The minimum absolute atomic E-state index is 0.0347. The van der Waals surface area contributed by atoms with Gasteiger partial charge in [-0.3, -0.25) is 9.48 Å². The van der Waals surface area contributed by atoms with E-state index in [1.165, 1.54) is 0 Å². The number of hydrogen-bond donors (Lipinski definition) is 0. The molecule has 2 aromatic rings. The summed E-state index contributed by atoms with van der Waals surface area (Å²) in [6.45, 7) is 6.17. The zero-order valence-electron chi connectivity index (χ0n) is 16.8. The molecular formula is C20H27N3O4S. The van der Waals surface area contributed by atoms with Gasteiger partial charge in [0.15, 0.2) is 16.4 Å². The van der Waals surface area contributed by atoms with Crippen molar-refractivity contribution in [2.24, 2.45) is 0 Å². The van der Waals surface area contributed by atoms with Crippen LogP contribution < -0.4 is 4.74 Å². The van der Waals surface area contributed by atoms with Crippen molar-refractivity contribution in [1.82, 2.24) is 14.7 Å². The predicted octanol–water partition coefficient (Wildman–Crippen LogP) is 2.21. The van der Waals surface area contributed by atoms with E-state index in [0.29, 0.717) is 18.7 Å². The third-order valence-electron chi connectivity index (χ3n) is 5.20. The molecule has 1 aliphatic heterocycles. The van der Waals surface area contributed by atoms with E-state index in [1.54, 1.807) is 11.9 Å². The molecule has 0 bridgehead atoms. The first-order valence-corrected chi connectivity index (χ1v) is 11.2. The molecule has 1 amide bonds.